The van der Waals surface area contributed by atoms with Gasteiger partial charge in [-0.1, -0.05) is 26.2 Å². The third-order valence-corrected chi connectivity index (χ3v) is 4.05. The molecule has 4 heteroatoms. The molecule has 1 unspecified atom stereocenters. The van der Waals surface area contributed by atoms with E-state index >= 15 is 0 Å². The number of amides is 1. The monoisotopic (exact) mass is 271 g/mol. The van der Waals surface area contributed by atoms with Crippen molar-refractivity contribution < 1.29 is 14.6 Å². The molecule has 19 heavy (non-hydrogen) atoms. The zero-order valence-electron chi connectivity index (χ0n) is 12.4. The molecule has 0 spiro atoms. The average molecular weight is 271 g/mol. The number of methoxy groups -OCH3 is 1. The number of carbonyl (C=O) groups is 1. The van der Waals surface area contributed by atoms with Crippen LogP contribution in [0.2, 0.25) is 0 Å². The number of ether oxygens (including phenoxy) is 1. The summed E-state index contributed by atoms with van der Waals surface area (Å²) in [7, 11) is 1.54. The highest BCUT2D eigenvalue weighted by Gasteiger charge is 2.25. The van der Waals surface area contributed by atoms with Crippen LogP contribution in [0.3, 0.4) is 0 Å². The molecule has 0 aromatic carbocycles. The molecule has 0 aromatic heterocycles. The van der Waals surface area contributed by atoms with Gasteiger partial charge in [-0.15, -0.1) is 0 Å². The van der Waals surface area contributed by atoms with Gasteiger partial charge in [-0.25, -0.2) is 0 Å². The fourth-order valence-electron chi connectivity index (χ4n) is 2.82. The Morgan fingerprint density at radius 2 is 2.05 bits per heavy atom. The van der Waals surface area contributed by atoms with E-state index in [4.69, 9.17) is 4.74 Å². The van der Waals surface area contributed by atoms with Gasteiger partial charge in [0, 0.05) is 19.6 Å². The first-order valence-electron chi connectivity index (χ1n) is 7.62. The quantitative estimate of drug-likeness (QED) is 0.711. The first-order valence-corrected chi connectivity index (χ1v) is 7.62. The van der Waals surface area contributed by atoms with Gasteiger partial charge in [0.2, 0.25) is 5.91 Å². The Labute approximate surface area is 116 Å². The van der Waals surface area contributed by atoms with E-state index in [2.05, 4.69) is 12.2 Å². The van der Waals surface area contributed by atoms with Crippen LogP contribution in [0.5, 0.6) is 0 Å². The van der Waals surface area contributed by atoms with Crippen molar-refractivity contribution in [2.45, 2.75) is 58.0 Å². The van der Waals surface area contributed by atoms with Gasteiger partial charge >= 0.3 is 0 Å². The topological polar surface area (TPSA) is 58.6 Å². The molecule has 1 fully saturated rings. The molecule has 1 aliphatic rings. The van der Waals surface area contributed by atoms with Gasteiger partial charge in [0.05, 0.1) is 12.7 Å². The lowest BCUT2D eigenvalue weighted by Gasteiger charge is -2.28. The predicted octanol–water partition coefficient (Wildman–Crippen LogP) is 2.11. The Morgan fingerprint density at radius 3 is 2.63 bits per heavy atom. The summed E-state index contributed by atoms with van der Waals surface area (Å²) < 4.78 is 4.83. The van der Waals surface area contributed by atoms with Crippen molar-refractivity contribution in [2.75, 3.05) is 20.3 Å². The van der Waals surface area contributed by atoms with Gasteiger partial charge in [0.25, 0.3) is 0 Å². The minimum absolute atomic E-state index is 0.101. The van der Waals surface area contributed by atoms with Crippen molar-refractivity contribution in [1.82, 2.24) is 5.32 Å². The molecule has 112 valence electrons. The van der Waals surface area contributed by atoms with Crippen LogP contribution in [-0.2, 0) is 9.53 Å². The van der Waals surface area contributed by atoms with Crippen LogP contribution in [0.1, 0.15) is 51.9 Å². The van der Waals surface area contributed by atoms with Crippen LogP contribution >= 0.6 is 0 Å². The van der Waals surface area contributed by atoms with Crippen LogP contribution < -0.4 is 5.32 Å². The van der Waals surface area contributed by atoms with E-state index in [9.17, 15) is 9.90 Å². The third-order valence-electron chi connectivity index (χ3n) is 4.05. The zero-order valence-corrected chi connectivity index (χ0v) is 12.4. The molecule has 0 heterocycles. The van der Waals surface area contributed by atoms with Crippen LogP contribution in [0.15, 0.2) is 0 Å². The van der Waals surface area contributed by atoms with Gasteiger partial charge in [0.15, 0.2) is 0 Å². The maximum atomic E-state index is 12.0. The van der Waals surface area contributed by atoms with Crippen molar-refractivity contribution in [3.05, 3.63) is 0 Å². The molecule has 0 saturated heterocycles. The summed E-state index contributed by atoms with van der Waals surface area (Å²) in [6, 6.07) is 0. The first-order chi connectivity index (χ1) is 9.17. The number of nitrogens with one attached hydrogen (secondary N) is 1. The molecule has 1 rings (SSSR count). The van der Waals surface area contributed by atoms with E-state index in [0.717, 1.165) is 18.8 Å². The van der Waals surface area contributed by atoms with Crippen molar-refractivity contribution in [3.8, 4) is 0 Å². The summed E-state index contributed by atoms with van der Waals surface area (Å²) in [6.45, 7) is 2.79. The van der Waals surface area contributed by atoms with Gasteiger partial charge in [-0.2, -0.15) is 0 Å². The second kappa shape index (κ2) is 9.32. The second-order valence-corrected chi connectivity index (χ2v) is 5.71. The molecule has 4 nitrogen and oxygen atoms in total. The SMILES string of the molecule is CCCCC1CCC(C(=O)NCC(O)COC)CC1. The summed E-state index contributed by atoms with van der Waals surface area (Å²) in [5.74, 6) is 1.07. The van der Waals surface area contributed by atoms with Crippen molar-refractivity contribution >= 4 is 5.91 Å². The van der Waals surface area contributed by atoms with Gasteiger partial charge < -0.3 is 15.2 Å². The summed E-state index contributed by atoms with van der Waals surface area (Å²) in [6.07, 6.45) is 7.65. The summed E-state index contributed by atoms with van der Waals surface area (Å²) in [5.41, 5.74) is 0. The average Bonchev–Trinajstić information content (AvgIpc) is 2.43. The number of hydrogen-bond donors (Lipinski definition) is 2. The van der Waals surface area contributed by atoms with Crippen LogP contribution in [0.25, 0.3) is 0 Å². The fraction of sp³-hybridized carbons (Fsp3) is 0.933. The molecular formula is C15H29NO3. The number of aliphatic hydroxyl groups is 1. The third kappa shape index (κ3) is 6.39. The van der Waals surface area contributed by atoms with E-state index in [1.165, 1.54) is 32.1 Å². The predicted molar refractivity (Wildman–Crippen MR) is 75.9 cm³/mol. The van der Waals surface area contributed by atoms with Crippen molar-refractivity contribution in [3.63, 3.8) is 0 Å². The lowest BCUT2D eigenvalue weighted by molar-refractivity contribution is -0.126. The molecule has 1 aliphatic carbocycles. The van der Waals surface area contributed by atoms with Gasteiger partial charge in [0.1, 0.15) is 0 Å². The molecule has 0 radical (unpaired) electrons. The van der Waals surface area contributed by atoms with E-state index in [-0.39, 0.29) is 18.4 Å². The largest absolute Gasteiger partial charge is 0.389 e. The van der Waals surface area contributed by atoms with Crippen molar-refractivity contribution in [1.29, 1.82) is 0 Å². The van der Waals surface area contributed by atoms with Gasteiger partial charge in [-0.05, 0) is 31.6 Å². The normalized spacial score (nSPS) is 25.0. The molecular weight excluding hydrogens is 242 g/mol. The highest BCUT2D eigenvalue weighted by molar-refractivity contribution is 5.78. The van der Waals surface area contributed by atoms with Gasteiger partial charge in [-0.3, -0.25) is 4.79 Å². The van der Waals surface area contributed by atoms with E-state index in [1.54, 1.807) is 7.11 Å². The Morgan fingerprint density at radius 1 is 1.37 bits per heavy atom. The van der Waals surface area contributed by atoms with E-state index in [1.807, 2.05) is 0 Å². The number of rotatable bonds is 8. The lowest BCUT2D eigenvalue weighted by atomic mass is 9.79. The number of unbranched alkanes of at least 4 members (excludes halogenated alkanes) is 1. The summed E-state index contributed by atoms with van der Waals surface area (Å²) in [5, 5.41) is 12.3. The molecule has 1 saturated carbocycles. The summed E-state index contributed by atoms with van der Waals surface area (Å²) in [4.78, 5) is 12.0. The fourth-order valence-corrected chi connectivity index (χ4v) is 2.82. The molecule has 0 bridgehead atoms. The summed E-state index contributed by atoms with van der Waals surface area (Å²) >= 11 is 0. The molecule has 0 aromatic rings. The number of carbonyl (C=O) groups excluding carboxylic acids is 1. The Kier molecular flexibility index (Phi) is 8.07. The Hall–Kier alpha value is -0.610. The molecule has 1 amide bonds. The molecule has 0 aliphatic heterocycles. The maximum Gasteiger partial charge on any atom is 0.223 e. The van der Waals surface area contributed by atoms with E-state index < -0.39 is 6.10 Å². The number of hydrogen-bond acceptors (Lipinski definition) is 3. The highest BCUT2D eigenvalue weighted by atomic mass is 16.5. The minimum atomic E-state index is -0.602. The lowest BCUT2D eigenvalue weighted by Crippen LogP contribution is -2.39. The minimum Gasteiger partial charge on any atom is -0.389 e. The van der Waals surface area contributed by atoms with Crippen LogP contribution in [0.4, 0.5) is 0 Å². The van der Waals surface area contributed by atoms with E-state index in [0.29, 0.717) is 6.54 Å². The Balaban J connectivity index is 2.17. The maximum absolute atomic E-state index is 12.0. The molecule has 1 atom stereocenters. The van der Waals surface area contributed by atoms with Crippen molar-refractivity contribution in [2.24, 2.45) is 11.8 Å². The highest BCUT2D eigenvalue weighted by Crippen LogP contribution is 2.31. The second-order valence-electron chi connectivity index (χ2n) is 5.71. The standard InChI is InChI=1S/C15H29NO3/c1-3-4-5-12-6-8-13(9-7-12)15(18)16-10-14(17)11-19-2/h12-14,17H,3-11H2,1-2H3,(H,16,18). The smallest absolute Gasteiger partial charge is 0.223 e. The first kappa shape index (κ1) is 16.4. The number of aliphatic hydroxyl groups excluding tert-OH is 1. The van der Waals surface area contributed by atoms with Crippen LogP contribution in [-0.4, -0.2) is 37.4 Å². The molecule has 2 N–H and O–H groups in total. The van der Waals surface area contributed by atoms with Crippen LogP contribution in [0, 0.1) is 11.8 Å². The zero-order chi connectivity index (χ0) is 14.1. The Bertz CT molecular complexity index is 250.